The molecule has 1 N–H and O–H groups in total. The summed E-state index contributed by atoms with van der Waals surface area (Å²) >= 11 is 1.65. The summed E-state index contributed by atoms with van der Waals surface area (Å²) in [6.45, 7) is 0.334. The Balaban J connectivity index is 1.43. The van der Waals surface area contributed by atoms with E-state index in [1.807, 2.05) is 54.6 Å². The second kappa shape index (κ2) is 11.8. The third-order valence-electron chi connectivity index (χ3n) is 7.54. The Morgan fingerprint density at radius 2 is 1.73 bits per heavy atom. The van der Waals surface area contributed by atoms with Crippen molar-refractivity contribution in [3.05, 3.63) is 100 Å². The standard InChI is InChI=1S/C30H30F3N3O4S/c1-40-27-9-5-6-10-28(27)41-23-13-15-34(16-14-23)20-29(37,30(31,32)33)25-19-35(18-21-7-3-2-4-8-21)26-17-22(36(38)39)11-12-24(25)26/h2-12,17,19,23,37H,13-16,18,20H2,1H3. The third-order valence-corrected chi connectivity index (χ3v) is 8.93. The van der Waals surface area contributed by atoms with Crippen LogP contribution in [0.1, 0.15) is 24.0 Å². The molecule has 5 rings (SSSR count). The Bertz CT molecular complexity index is 1520. The van der Waals surface area contributed by atoms with E-state index in [0.29, 0.717) is 25.9 Å². The summed E-state index contributed by atoms with van der Waals surface area (Å²) in [7, 11) is 1.61. The Hall–Kier alpha value is -3.54. The van der Waals surface area contributed by atoms with E-state index in [-0.39, 0.29) is 33.9 Å². The van der Waals surface area contributed by atoms with Gasteiger partial charge in [0.05, 0.1) is 17.5 Å². The van der Waals surface area contributed by atoms with Gasteiger partial charge in [-0.15, -0.1) is 11.8 Å². The summed E-state index contributed by atoms with van der Waals surface area (Å²) in [6, 6.07) is 20.5. The van der Waals surface area contributed by atoms with Crippen LogP contribution in [0.25, 0.3) is 10.9 Å². The summed E-state index contributed by atoms with van der Waals surface area (Å²) in [5.41, 5.74) is -2.65. The second-order valence-corrected chi connectivity index (χ2v) is 11.6. The molecule has 11 heteroatoms. The number of piperidine rings is 1. The predicted octanol–water partition coefficient (Wildman–Crippen LogP) is 6.61. The number of hydrogen-bond donors (Lipinski definition) is 1. The van der Waals surface area contributed by atoms with E-state index in [4.69, 9.17) is 4.74 Å². The minimum Gasteiger partial charge on any atom is -0.496 e. The van der Waals surface area contributed by atoms with Crippen molar-refractivity contribution in [3.63, 3.8) is 0 Å². The van der Waals surface area contributed by atoms with Gasteiger partial charge in [-0.1, -0.05) is 42.5 Å². The third kappa shape index (κ3) is 6.07. The highest BCUT2D eigenvalue weighted by molar-refractivity contribution is 8.00. The number of aromatic nitrogens is 1. The number of hydrogen-bond acceptors (Lipinski definition) is 6. The molecule has 4 aromatic rings. The number of β-amino-alcohol motifs (C(OH)–C–C–N with tert-alkyl or cyclic N) is 1. The van der Waals surface area contributed by atoms with Crippen molar-refractivity contribution in [2.75, 3.05) is 26.7 Å². The number of likely N-dealkylation sites (tertiary alicyclic amines) is 1. The van der Waals surface area contributed by atoms with Gasteiger partial charge in [-0.25, -0.2) is 0 Å². The van der Waals surface area contributed by atoms with Gasteiger partial charge in [0, 0.05) is 52.5 Å². The van der Waals surface area contributed by atoms with Gasteiger partial charge in [-0.05, 0) is 49.7 Å². The van der Waals surface area contributed by atoms with Gasteiger partial charge in [0.25, 0.3) is 5.69 Å². The van der Waals surface area contributed by atoms with Gasteiger partial charge in [0.1, 0.15) is 5.75 Å². The van der Waals surface area contributed by atoms with Crippen LogP contribution in [0.4, 0.5) is 18.9 Å². The average molecular weight is 586 g/mol. The van der Waals surface area contributed by atoms with Crippen LogP contribution < -0.4 is 4.74 Å². The molecule has 7 nitrogen and oxygen atoms in total. The number of ether oxygens (including phenoxy) is 1. The largest absolute Gasteiger partial charge is 0.496 e. The highest BCUT2D eigenvalue weighted by atomic mass is 32.2. The fourth-order valence-corrected chi connectivity index (χ4v) is 6.60. The van der Waals surface area contributed by atoms with E-state index in [1.165, 1.54) is 24.4 Å². The van der Waals surface area contributed by atoms with Crippen molar-refractivity contribution in [2.24, 2.45) is 0 Å². The summed E-state index contributed by atoms with van der Waals surface area (Å²) in [5, 5.41) is 23.3. The number of rotatable bonds is 9. The lowest BCUT2D eigenvalue weighted by atomic mass is 9.91. The van der Waals surface area contributed by atoms with Gasteiger partial charge < -0.3 is 14.4 Å². The molecule has 0 bridgehead atoms. The van der Waals surface area contributed by atoms with Crippen molar-refractivity contribution < 1.29 is 27.9 Å². The Labute approximate surface area is 239 Å². The number of fused-ring (bicyclic) bond motifs is 1. The molecule has 2 heterocycles. The minimum atomic E-state index is -4.98. The van der Waals surface area contributed by atoms with Gasteiger partial charge >= 0.3 is 6.18 Å². The number of nitrogens with zero attached hydrogens (tertiary/aromatic N) is 3. The lowest BCUT2D eigenvalue weighted by Crippen LogP contribution is -2.52. The number of alkyl halides is 3. The van der Waals surface area contributed by atoms with Gasteiger partial charge in [-0.3, -0.25) is 15.0 Å². The SMILES string of the molecule is COc1ccccc1SC1CCN(CC(O)(c2cn(Cc3ccccc3)c3cc([N+](=O)[O-])ccc23)C(F)(F)F)CC1. The maximum atomic E-state index is 14.8. The molecule has 3 aromatic carbocycles. The maximum absolute atomic E-state index is 14.8. The monoisotopic (exact) mass is 585 g/mol. The molecule has 216 valence electrons. The first-order valence-electron chi connectivity index (χ1n) is 13.2. The molecule has 0 saturated carbocycles. The Morgan fingerprint density at radius 1 is 1.05 bits per heavy atom. The van der Waals surface area contributed by atoms with Crippen LogP contribution in [0.5, 0.6) is 5.75 Å². The first kappa shape index (κ1) is 29.0. The number of benzene rings is 3. The van der Waals surface area contributed by atoms with Crippen molar-refractivity contribution in [1.29, 1.82) is 0 Å². The Morgan fingerprint density at radius 3 is 2.39 bits per heavy atom. The van der Waals surface area contributed by atoms with Gasteiger partial charge in [0.15, 0.2) is 0 Å². The summed E-state index contributed by atoms with van der Waals surface area (Å²) in [4.78, 5) is 13.5. The molecule has 1 unspecified atom stereocenters. The lowest BCUT2D eigenvalue weighted by molar-refractivity contribution is -0.384. The van der Waals surface area contributed by atoms with E-state index in [9.17, 15) is 28.4 Å². The number of para-hydroxylation sites is 1. The predicted molar refractivity (Wildman–Crippen MR) is 152 cm³/mol. The number of nitro groups is 1. The van der Waals surface area contributed by atoms with Crippen molar-refractivity contribution >= 4 is 28.4 Å². The molecular formula is C30H30F3N3O4S. The molecule has 0 aliphatic carbocycles. The topological polar surface area (TPSA) is 80.8 Å². The molecule has 1 aliphatic rings. The fraction of sp³-hybridized carbons (Fsp3) is 0.333. The Kier molecular flexibility index (Phi) is 8.30. The van der Waals surface area contributed by atoms with E-state index in [2.05, 4.69) is 0 Å². The van der Waals surface area contributed by atoms with Crippen LogP contribution in [0.15, 0.2) is 83.9 Å². The molecule has 1 atom stereocenters. The highest BCUT2D eigenvalue weighted by Gasteiger charge is 2.57. The molecule has 1 fully saturated rings. The summed E-state index contributed by atoms with van der Waals surface area (Å²) < 4.78 is 51.2. The van der Waals surface area contributed by atoms with Crippen LogP contribution in [-0.2, 0) is 12.1 Å². The molecule has 1 saturated heterocycles. The molecule has 0 amide bonds. The van der Waals surface area contributed by atoms with Crippen LogP contribution >= 0.6 is 11.8 Å². The van der Waals surface area contributed by atoms with Crippen molar-refractivity contribution in [3.8, 4) is 5.75 Å². The maximum Gasteiger partial charge on any atom is 0.422 e. The van der Waals surface area contributed by atoms with E-state index < -0.39 is 23.2 Å². The van der Waals surface area contributed by atoms with E-state index in [0.717, 1.165) is 16.2 Å². The molecule has 41 heavy (non-hydrogen) atoms. The first-order chi connectivity index (χ1) is 19.6. The molecule has 0 spiro atoms. The van der Waals surface area contributed by atoms with E-state index in [1.54, 1.807) is 28.3 Å². The number of non-ortho nitro benzene ring substituents is 1. The number of aliphatic hydroxyl groups is 1. The zero-order valence-electron chi connectivity index (χ0n) is 22.4. The van der Waals surface area contributed by atoms with Gasteiger partial charge in [0.2, 0.25) is 5.60 Å². The number of nitro benzene ring substituents is 1. The fourth-order valence-electron chi connectivity index (χ4n) is 5.37. The van der Waals surface area contributed by atoms with Crippen molar-refractivity contribution in [2.45, 2.75) is 41.3 Å². The van der Waals surface area contributed by atoms with Crippen LogP contribution in [0.2, 0.25) is 0 Å². The molecule has 0 radical (unpaired) electrons. The first-order valence-corrected chi connectivity index (χ1v) is 14.1. The van der Waals surface area contributed by atoms with E-state index >= 15 is 0 Å². The second-order valence-electron chi connectivity index (χ2n) is 10.2. The quantitative estimate of drug-likeness (QED) is 0.176. The lowest BCUT2D eigenvalue weighted by Gasteiger charge is -2.39. The minimum absolute atomic E-state index is 0.132. The van der Waals surface area contributed by atoms with Gasteiger partial charge in [-0.2, -0.15) is 13.2 Å². The number of halogens is 3. The molecule has 1 aromatic heterocycles. The average Bonchev–Trinajstić information content (AvgIpc) is 3.32. The van der Waals surface area contributed by atoms with Crippen LogP contribution in [0, 0.1) is 10.1 Å². The van der Waals surface area contributed by atoms with Crippen molar-refractivity contribution in [1.82, 2.24) is 9.47 Å². The molecular weight excluding hydrogens is 555 g/mol. The smallest absolute Gasteiger partial charge is 0.422 e. The zero-order valence-corrected chi connectivity index (χ0v) is 23.2. The molecule has 1 aliphatic heterocycles. The number of methoxy groups -OCH3 is 1. The van der Waals surface area contributed by atoms with Crippen LogP contribution in [-0.4, -0.2) is 57.7 Å². The summed E-state index contributed by atoms with van der Waals surface area (Å²) in [5.74, 6) is 0.763. The highest BCUT2D eigenvalue weighted by Crippen LogP contribution is 2.45. The zero-order chi connectivity index (χ0) is 29.2. The summed E-state index contributed by atoms with van der Waals surface area (Å²) in [6.07, 6.45) is -2.39. The normalized spacial score (nSPS) is 16.5. The number of thioether (sulfide) groups is 1. The van der Waals surface area contributed by atoms with Crippen LogP contribution in [0.3, 0.4) is 0 Å².